The summed E-state index contributed by atoms with van der Waals surface area (Å²) < 4.78 is 38.1. The van der Waals surface area contributed by atoms with Crippen molar-refractivity contribution >= 4 is 17.3 Å². The number of alkyl halides is 3. The molecule has 0 unspecified atom stereocenters. The highest BCUT2D eigenvalue weighted by atomic mass is 19.4. The van der Waals surface area contributed by atoms with Gasteiger partial charge in [-0.05, 0) is 24.1 Å². The van der Waals surface area contributed by atoms with E-state index in [1.807, 2.05) is 13.8 Å². The summed E-state index contributed by atoms with van der Waals surface area (Å²) in [5.41, 5.74) is 6.05. The first-order valence-corrected chi connectivity index (χ1v) is 6.33. The largest absolute Gasteiger partial charge is 0.416 e. The molecule has 1 heterocycles. The third-order valence-corrected chi connectivity index (χ3v) is 2.94. The van der Waals surface area contributed by atoms with Gasteiger partial charge in [0.2, 0.25) is 0 Å². The Bertz CT molecular complexity index is 638. The summed E-state index contributed by atoms with van der Waals surface area (Å²) in [6, 6.07) is 4.92. The highest BCUT2D eigenvalue weighted by molar-refractivity contribution is 5.65. The Morgan fingerprint density at radius 1 is 1.19 bits per heavy atom. The van der Waals surface area contributed by atoms with Crippen LogP contribution in [0.5, 0.6) is 0 Å². The minimum Gasteiger partial charge on any atom is -0.383 e. The molecule has 0 saturated carbocycles. The molecule has 4 nitrogen and oxygen atoms in total. The van der Waals surface area contributed by atoms with Crippen LogP contribution in [0, 0.1) is 0 Å². The Morgan fingerprint density at radius 3 is 2.52 bits per heavy atom. The van der Waals surface area contributed by atoms with Gasteiger partial charge < -0.3 is 11.1 Å². The van der Waals surface area contributed by atoms with Crippen molar-refractivity contribution in [3.05, 3.63) is 41.7 Å². The van der Waals surface area contributed by atoms with Gasteiger partial charge in [0.1, 0.15) is 18.0 Å². The van der Waals surface area contributed by atoms with Crippen molar-refractivity contribution in [2.45, 2.75) is 25.9 Å². The van der Waals surface area contributed by atoms with Crippen LogP contribution in [0.2, 0.25) is 0 Å². The number of halogens is 3. The lowest BCUT2D eigenvalue weighted by Gasteiger charge is -2.15. The zero-order valence-electron chi connectivity index (χ0n) is 11.6. The summed E-state index contributed by atoms with van der Waals surface area (Å²) in [4.78, 5) is 7.97. The molecule has 0 aliphatic rings. The van der Waals surface area contributed by atoms with E-state index < -0.39 is 11.7 Å². The van der Waals surface area contributed by atoms with Gasteiger partial charge in [-0.1, -0.05) is 19.9 Å². The van der Waals surface area contributed by atoms with Gasteiger partial charge >= 0.3 is 6.18 Å². The van der Waals surface area contributed by atoms with Crippen molar-refractivity contribution < 1.29 is 13.2 Å². The molecule has 112 valence electrons. The van der Waals surface area contributed by atoms with Crippen molar-refractivity contribution in [1.29, 1.82) is 0 Å². The lowest BCUT2D eigenvalue weighted by molar-refractivity contribution is -0.137. The number of nitrogens with zero attached hydrogens (tertiary/aromatic N) is 2. The van der Waals surface area contributed by atoms with Gasteiger partial charge in [-0.25, -0.2) is 9.97 Å². The Morgan fingerprint density at radius 2 is 1.90 bits per heavy atom. The zero-order chi connectivity index (χ0) is 15.6. The van der Waals surface area contributed by atoms with E-state index in [4.69, 9.17) is 5.73 Å². The van der Waals surface area contributed by atoms with Crippen LogP contribution in [-0.4, -0.2) is 9.97 Å². The quantitative estimate of drug-likeness (QED) is 0.900. The maximum Gasteiger partial charge on any atom is 0.416 e. The maximum absolute atomic E-state index is 12.7. The third kappa shape index (κ3) is 3.42. The number of nitrogens with two attached hydrogens (primary N) is 1. The molecule has 2 rings (SSSR count). The second-order valence-corrected chi connectivity index (χ2v) is 4.88. The third-order valence-electron chi connectivity index (χ3n) is 2.94. The van der Waals surface area contributed by atoms with E-state index in [9.17, 15) is 13.2 Å². The number of anilines is 3. The molecule has 0 amide bonds. The molecular weight excluding hydrogens is 281 g/mol. The number of nitrogens with one attached hydrogen (secondary N) is 1. The molecule has 1 aromatic heterocycles. The highest BCUT2D eigenvalue weighted by Gasteiger charge is 2.30. The lowest BCUT2D eigenvalue weighted by Crippen LogP contribution is -2.08. The summed E-state index contributed by atoms with van der Waals surface area (Å²) in [6.07, 6.45) is -3.11. The monoisotopic (exact) mass is 296 g/mol. The van der Waals surface area contributed by atoms with Crippen molar-refractivity contribution in [3.63, 3.8) is 0 Å². The molecule has 0 fully saturated rings. The summed E-state index contributed by atoms with van der Waals surface area (Å²) in [5.74, 6) is 0.769. The van der Waals surface area contributed by atoms with Crippen LogP contribution in [0.3, 0.4) is 0 Å². The first kappa shape index (κ1) is 15.1. The van der Waals surface area contributed by atoms with Crippen molar-refractivity contribution in [2.24, 2.45) is 0 Å². The van der Waals surface area contributed by atoms with E-state index in [0.29, 0.717) is 22.9 Å². The maximum atomic E-state index is 12.7. The number of benzene rings is 1. The molecule has 0 atom stereocenters. The van der Waals surface area contributed by atoms with Crippen LogP contribution in [0.4, 0.5) is 30.5 Å². The van der Waals surface area contributed by atoms with E-state index >= 15 is 0 Å². The first-order chi connectivity index (χ1) is 9.79. The summed E-state index contributed by atoms with van der Waals surface area (Å²) in [6.45, 7) is 3.82. The fourth-order valence-corrected chi connectivity index (χ4v) is 1.99. The molecule has 21 heavy (non-hydrogen) atoms. The van der Waals surface area contributed by atoms with Crippen LogP contribution < -0.4 is 11.1 Å². The zero-order valence-corrected chi connectivity index (χ0v) is 11.6. The molecule has 7 heteroatoms. The Kier molecular flexibility index (Phi) is 4.02. The van der Waals surface area contributed by atoms with Crippen LogP contribution in [0.1, 0.15) is 30.9 Å². The normalized spacial score (nSPS) is 11.7. The molecule has 0 aliphatic carbocycles. The minimum absolute atomic E-state index is 0.0412. The van der Waals surface area contributed by atoms with Gasteiger partial charge in [0, 0.05) is 11.3 Å². The molecule has 0 radical (unpaired) electrons. The molecule has 0 bridgehead atoms. The van der Waals surface area contributed by atoms with E-state index in [0.717, 1.165) is 12.1 Å². The second kappa shape index (κ2) is 5.59. The second-order valence-electron chi connectivity index (χ2n) is 4.88. The average Bonchev–Trinajstić information content (AvgIpc) is 2.37. The lowest BCUT2D eigenvalue weighted by atomic mass is 10.0. The predicted octanol–water partition coefficient (Wildman–Crippen LogP) is 3.94. The van der Waals surface area contributed by atoms with Crippen molar-refractivity contribution in [3.8, 4) is 0 Å². The predicted molar refractivity (Wildman–Crippen MR) is 75.3 cm³/mol. The Hall–Kier alpha value is -2.31. The molecule has 2 aromatic rings. The molecular formula is C14H15F3N4. The highest BCUT2D eigenvalue weighted by Crippen LogP contribution is 2.33. The van der Waals surface area contributed by atoms with Crippen LogP contribution in [0.25, 0.3) is 0 Å². The van der Waals surface area contributed by atoms with Gasteiger partial charge in [0.15, 0.2) is 0 Å². The molecule has 3 N–H and O–H groups in total. The van der Waals surface area contributed by atoms with Crippen LogP contribution >= 0.6 is 0 Å². The SMILES string of the molecule is CC(C)c1c(N)ncnc1Nc1cccc(C(F)(F)F)c1. The number of hydrogen-bond acceptors (Lipinski definition) is 4. The molecule has 0 saturated heterocycles. The minimum atomic E-state index is -4.39. The van der Waals surface area contributed by atoms with E-state index in [1.54, 1.807) is 0 Å². The van der Waals surface area contributed by atoms with Gasteiger partial charge in [0.25, 0.3) is 0 Å². The van der Waals surface area contributed by atoms with Gasteiger partial charge in [-0.3, -0.25) is 0 Å². The topological polar surface area (TPSA) is 63.8 Å². The first-order valence-electron chi connectivity index (χ1n) is 6.33. The fraction of sp³-hybridized carbons (Fsp3) is 0.286. The smallest absolute Gasteiger partial charge is 0.383 e. The van der Waals surface area contributed by atoms with Gasteiger partial charge in [0.05, 0.1) is 5.56 Å². The van der Waals surface area contributed by atoms with Gasteiger partial charge in [-0.2, -0.15) is 13.2 Å². The van der Waals surface area contributed by atoms with Gasteiger partial charge in [-0.15, -0.1) is 0 Å². The van der Waals surface area contributed by atoms with E-state index in [-0.39, 0.29) is 5.92 Å². The van der Waals surface area contributed by atoms with Crippen molar-refractivity contribution in [2.75, 3.05) is 11.1 Å². The van der Waals surface area contributed by atoms with Crippen molar-refractivity contribution in [1.82, 2.24) is 9.97 Å². The number of rotatable bonds is 3. The fourth-order valence-electron chi connectivity index (χ4n) is 1.99. The van der Waals surface area contributed by atoms with Crippen LogP contribution in [0.15, 0.2) is 30.6 Å². The standard InChI is InChI=1S/C14H15F3N4/c1-8(2)11-12(18)19-7-20-13(11)21-10-5-3-4-9(6-10)14(15,16)17/h3-8H,1-2H3,(H3,18,19,20,21). The Labute approximate surface area is 120 Å². The van der Waals surface area contributed by atoms with E-state index in [2.05, 4.69) is 15.3 Å². The molecule has 0 spiro atoms. The molecule has 0 aliphatic heterocycles. The summed E-state index contributed by atoms with van der Waals surface area (Å²) in [7, 11) is 0. The average molecular weight is 296 g/mol. The number of nitrogen functional groups attached to an aromatic ring is 1. The number of hydrogen-bond donors (Lipinski definition) is 2. The Balaban J connectivity index is 2.37. The summed E-state index contributed by atoms with van der Waals surface area (Å²) in [5, 5.41) is 2.88. The van der Waals surface area contributed by atoms with Crippen LogP contribution in [-0.2, 0) is 6.18 Å². The van der Waals surface area contributed by atoms with E-state index in [1.165, 1.54) is 18.5 Å². The summed E-state index contributed by atoms with van der Waals surface area (Å²) >= 11 is 0. The number of aromatic nitrogens is 2. The molecule has 1 aromatic carbocycles.